The van der Waals surface area contributed by atoms with Crippen LogP contribution in [0.25, 0.3) is 0 Å². The third-order valence-electron chi connectivity index (χ3n) is 5.16. The molecule has 1 amide bonds. The smallest absolute Gasteiger partial charge is 0.416 e. The van der Waals surface area contributed by atoms with E-state index >= 15 is 0 Å². The molecule has 2 aromatic rings. The Labute approximate surface area is 185 Å². The van der Waals surface area contributed by atoms with Crippen LogP contribution in [0.3, 0.4) is 0 Å². The number of nitrogens with one attached hydrogen (secondary N) is 1. The molecule has 9 nitrogen and oxygen atoms in total. The summed E-state index contributed by atoms with van der Waals surface area (Å²) in [4.78, 5) is 36.2. The fourth-order valence-corrected chi connectivity index (χ4v) is 3.47. The maximum Gasteiger partial charge on any atom is 0.416 e. The van der Waals surface area contributed by atoms with Crippen LogP contribution in [0.4, 0.5) is 30.2 Å². The fourth-order valence-electron chi connectivity index (χ4n) is 3.47. The number of alkyl halides is 3. The molecule has 0 radical (unpaired) electrons. The van der Waals surface area contributed by atoms with Gasteiger partial charge in [0, 0.05) is 24.8 Å². The minimum atomic E-state index is -4.70. The molecule has 2 N–H and O–H groups in total. The zero-order chi connectivity index (χ0) is 24.2. The second kappa shape index (κ2) is 9.76. The van der Waals surface area contributed by atoms with E-state index < -0.39 is 46.8 Å². The fraction of sp³-hybridized carbons (Fsp3) is 0.333. The van der Waals surface area contributed by atoms with Crippen molar-refractivity contribution < 1.29 is 37.5 Å². The van der Waals surface area contributed by atoms with Crippen LogP contribution in [0.1, 0.15) is 18.4 Å². The number of benzene rings is 2. The number of nitrogens with zero attached hydrogens (tertiary/aromatic N) is 2. The summed E-state index contributed by atoms with van der Waals surface area (Å²) in [5.41, 5.74) is -1.30. The summed E-state index contributed by atoms with van der Waals surface area (Å²) in [6.45, 7) is -0.109. The van der Waals surface area contributed by atoms with E-state index in [0.29, 0.717) is 11.8 Å². The van der Waals surface area contributed by atoms with Gasteiger partial charge in [0.1, 0.15) is 11.4 Å². The highest BCUT2D eigenvalue weighted by molar-refractivity contribution is 5.93. The van der Waals surface area contributed by atoms with Crippen LogP contribution >= 0.6 is 0 Å². The molecule has 1 heterocycles. The molecule has 2 aromatic carbocycles. The van der Waals surface area contributed by atoms with Crippen molar-refractivity contribution in [3.05, 3.63) is 58.1 Å². The molecule has 1 aliphatic rings. The summed E-state index contributed by atoms with van der Waals surface area (Å²) >= 11 is 0. The van der Waals surface area contributed by atoms with E-state index in [4.69, 9.17) is 4.74 Å². The lowest BCUT2D eigenvalue weighted by molar-refractivity contribution is -0.384. The number of nitro benzene ring substituents is 1. The number of phenolic OH excluding ortho intramolecular Hbond substituents is 1. The second-order valence-electron chi connectivity index (χ2n) is 7.42. The van der Waals surface area contributed by atoms with E-state index in [1.165, 1.54) is 24.3 Å². The summed E-state index contributed by atoms with van der Waals surface area (Å²) in [6, 6.07) is 8.08. The number of phenols is 1. The quantitative estimate of drug-likeness (QED) is 0.287. The average Bonchev–Trinajstić information content (AvgIpc) is 2.78. The third-order valence-corrected chi connectivity index (χ3v) is 5.16. The molecule has 0 aromatic heterocycles. The number of rotatable bonds is 6. The van der Waals surface area contributed by atoms with Crippen molar-refractivity contribution >= 4 is 28.9 Å². The Morgan fingerprint density at radius 3 is 2.36 bits per heavy atom. The Balaban J connectivity index is 1.54. The Morgan fingerprint density at radius 1 is 1.15 bits per heavy atom. The lowest BCUT2D eigenvalue weighted by atomic mass is 9.96. The Kier molecular flexibility index (Phi) is 7.04. The molecule has 0 bridgehead atoms. The van der Waals surface area contributed by atoms with Gasteiger partial charge in [-0.05, 0) is 49.2 Å². The van der Waals surface area contributed by atoms with E-state index in [-0.39, 0.29) is 37.4 Å². The van der Waals surface area contributed by atoms with E-state index in [1.54, 1.807) is 4.90 Å². The molecule has 3 rings (SSSR count). The van der Waals surface area contributed by atoms with Crippen molar-refractivity contribution in [3.63, 3.8) is 0 Å². The van der Waals surface area contributed by atoms with Gasteiger partial charge < -0.3 is 20.1 Å². The molecular weight excluding hydrogens is 447 g/mol. The van der Waals surface area contributed by atoms with E-state index in [1.807, 2.05) is 0 Å². The summed E-state index contributed by atoms with van der Waals surface area (Å²) in [5, 5.41) is 23.0. The minimum Gasteiger partial charge on any atom is -0.508 e. The van der Waals surface area contributed by atoms with Gasteiger partial charge in [0.05, 0.1) is 16.4 Å². The number of carbonyl (C=O) groups is 2. The highest BCUT2D eigenvalue weighted by atomic mass is 19.4. The number of amides is 1. The largest absolute Gasteiger partial charge is 0.508 e. The lowest BCUT2D eigenvalue weighted by Gasteiger charge is -2.32. The molecule has 1 aliphatic heterocycles. The number of ether oxygens (including phenoxy) is 1. The number of esters is 1. The van der Waals surface area contributed by atoms with E-state index in [2.05, 4.69) is 5.32 Å². The van der Waals surface area contributed by atoms with Gasteiger partial charge in [0.2, 0.25) is 0 Å². The summed E-state index contributed by atoms with van der Waals surface area (Å²) in [6.07, 6.45) is -4.18. The first kappa shape index (κ1) is 23.8. The first-order valence-electron chi connectivity index (χ1n) is 9.90. The van der Waals surface area contributed by atoms with Gasteiger partial charge in [0.25, 0.3) is 11.6 Å². The SMILES string of the molecule is O=C(COC(=O)C1CCN(c2ccc(C(F)(F)F)cc2[N+](=O)[O-])CC1)Nc1ccc(O)cc1. The Morgan fingerprint density at radius 2 is 1.79 bits per heavy atom. The number of piperidine rings is 1. The number of aromatic hydroxyl groups is 1. The number of nitro groups is 1. The molecule has 1 saturated heterocycles. The monoisotopic (exact) mass is 467 g/mol. The van der Waals surface area contributed by atoms with Crippen LogP contribution in [0.2, 0.25) is 0 Å². The van der Waals surface area contributed by atoms with Gasteiger partial charge >= 0.3 is 12.1 Å². The zero-order valence-electron chi connectivity index (χ0n) is 17.2. The number of halogens is 3. The van der Waals surface area contributed by atoms with Crippen molar-refractivity contribution in [1.82, 2.24) is 0 Å². The molecule has 0 unspecified atom stereocenters. The molecule has 12 heteroatoms. The molecule has 176 valence electrons. The molecular formula is C21H20F3N3O6. The van der Waals surface area contributed by atoms with E-state index in [9.17, 15) is 38.0 Å². The number of hydrogen-bond acceptors (Lipinski definition) is 7. The molecule has 0 atom stereocenters. The van der Waals surface area contributed by atoms with Gasteiger partial charge in [-0.25, -0.2) is 0 Å². The maximum absolute atomic E-state index is 12.9. The van der Waals surface area contributed by atoms with E-state index in [0.717, 1.165) is 12.1 Å². The normalized spacial score (nSPS) is 14.6. The highest BCUT2D eigenvalue weighted by Crippen LogP contribution is 2.37. The topological polar surface area (TPSA) is 122 Å². The third kappa shape index (κ3) is 6.11. The summed E-state index contributed by atoms with van der Waals surface area (Å²) in [7, 11) is 0. The standard InChI is InChI=1S/C21H20F3N3O6/c22-21(23,24)14-1-6-17(18(11-14)27(31)32)26-9-7-13(8-10-26)20(30)33-12-19(29)25-15-2-4-16(28)5-3-15/h1-6,11,13,28H,7-10,12H2,(H,25,29). The predicted octanol–water partition coefficient (Wildman–Crippen LogP) is 3.72. The van der Waals surface area contributed by atoms with Gasteiger partial charge in [-0.15, -0.1) is 0 Å². The lowest BCUT2D eigenvalue weighted by Crippen LogP contribution is -2.37. The Hall–Kier alpha value is -3.83. The highest BCUT2D eigenvalue weighted by Gasteiger charge is 2.35. The first-order valence-corrected chi connectivity index (χ1v) is 9.90. The predicted molar refractivity (Wildman–Crippen MR) is 111 cm³/mol. The number of carbonyl (C=O) groups excluding carboxylic acids is 2. The molecule has 33 heavy (non-hydrogen) atoms. The van der Waals surface area contributed by atoms with Crippen molar-refractivity contribution in [2.45, 2.75) is 19.0 Å². The van der Waals surface area contributed by atoms with Gasteiger partial charge in [-0.3, -0.25) is 19.7 Å². The number of hydrogen-bond donors (Lipinski definition) is 2. The summed E-state index contributed by atoms with van der Waals surface area (Å²) in [5.74, 6) is -1.67. The minimum absolute atomic E-state index is 0.0346. The average molecular weight is 467 g/mol. The van der Waals surface area contributed by atoms with Crippen LogP contribution in [0.5, 0.6) is 5.75 Å². The van der Waals surface area contributed by atoms with Crippen LogP contribution in [-0.4, -0.2) is 41.6 Å². The summed E-state index contributed by atoms with van der Waals surface area (Å²) < 4.78 is 43.7. The molecule has 0 spiro atoms. The van der Waals surface area contributed by atoms with Gasteiger partial charge in [-0.2, -0.15) is 13.2 Å². The zero-order valence-corrected chi connectivity index (χ0v) is 17.2. The van der Waals surface area contributed by atoms with Crippen molar-refractivity contribution in [3.8, 4) is 5.75 Å². The van der Waals surface area contributed by atoms with Crippen molar-refractivity contribution in [1.29, 1.82) is 0 Å². The van der Waals surface area contributed by atoms with Crippen molar-refractivity contribution in [2.24, 2.45) is 5.92 Å². The van der Waals surface area contributed by atoms with Crippen molar-refractivity contribution in [2.75, 3.05) is 29.9 Å². The van der Waals surface area contributed by atoms with Crippen LogP contribution in [0, 0.1) is 16.0 Å². The van der Waals surface area contributed by atoms with Crippen LogP contribution in [0.15, 0.2) is 42.5 Å². The van der Waals surface area contributed by atoms with Crippen LogP contribution < -0.4 is 10.2 Å². The van der Waals surface area contributed by atoms with Crippen LogP contribution in [-0.2, 0) is 20.5 Å². The molecule has 1 fully saturated rings. The van der Waals surface area contributed by atoms with Gasteiger partial charge in [-0.1, -0.05) is 0 Å². The molecule has 0 saturated carbocycles. The number of anilines is 2. The Bertz CT molecular complexity index is 1030. The second-order valence-corrected chi connectivity index (χ2v) is 7.42. The maximum atomic E-state index is 12.9. The first-order chi connectivity index (χ1) is 15.5. The molecule has 0 aliphatic carbocycles. The van der Waals surface area contributed by atoms with Gasteiger partial charge in [0.15, 0.2) is 6.61 Å².